The van der Waals surface area contributed by atoms with Gasteiger partial charge in [-0.2, -0.15) is 0 Å². The minimum Gasteiger partial charge on any atom is -0.481 e. The maximum Gasteiger partial charge on any atom is 0.311 e. The Labute approximate surface area is 109 Å². The van der Waals surface area contributed by atoms with Crippen LogP contribution < -0.4 is 0 Å². The molecule has 1 aromatic carbocycles. The molecule has 98 valence electrons. The van der Waals surface area contributed by atoms with E-state index in [1.54, 1.807) is 0 Å². The molecule has 0 bridgehead atoms. The van der Waals surface area contributed by atoms with E-state index in [0.717, 1.165) is 18.4 Å². The molecule has 1 aromatic rings. The van der Waals surface area contributed by atoms with Crippen molar-refractivity contribution in [2.24, 2.45) is 5.92 Å². The Balaban J connectivity index is 2.21. The molecule has 1 aliphatic carbocycles. The van der Waals surface area contributed by atoms with Gasteiger partial charge in [0, 0.05) is 0 Å². The van der Waals surface area contributed by atoms with Crippen molar-refractivity contribution >= 4 is 5.97 Å². The largest absolute Gasteiger partial charge is 0.481 e. The summed E-state index contributed by atoms with van der Waals surface area (Å²) in [5.41, 5.74) is 2.16. The lowest BCUT2D eigenvalue weighted by Crippen LogP contribution is -2.21. The first kappa shape index (κ1) is 13.1. The first-order valence-corrected chi connectivity index (χ1v) is 6.98. The van der Waals surface area contributed by atoms with E-state index in [-0.39, 0.29) is 5.92 Å². The van der Waals surface area contributed by atoms with Gasteiger partial charge in [0.15, 0.2) is 0 Å². The highest BCUT2D eigenvalue weighted by Crippen LogP contribution is 2.35. The van der Waals surface area contributed by atoms with Gasteiger partial charge in [-0.3, -0.25) is 4.79 Å². The van der Waals surface area contributed by atoms with Crippen LogP contribution in [0, 0.1) is 12.8 Å². The van der Waals surface area contributed by atoms with Crippen LogP contribution in [0.15, 0.2) is 24.3 Å². The normalized spacial score (nSPS) is 19.2. The van der Waals surface area contributed by atoms with Crippen molar-refractivity contribution in [2.75, 3.05) is 0 Å². The quantitative estimate of drug-likeness (QED) is 0.814. The molecule has 1 atom stereocenters. The number of carboxylic acid groups (broad SMARTS) is 1. The van der Waals surface area contributed by atoms with Gasteiger partial charge >= 0.3 is 5.97 Å². The lowest BCUT2D eigenvalue weighted by atomic mass is 9.81. The van der Waals surface area contributed by atoms with Gasteiger partial charge in [-0.25, -0.2) is 0 Å². The maximum atomic E-state index is 11.6. The van der Waals surface area contributed by atoms with E-state index in [1.165, 1.54) is 31.2 Å². The molecule has 2 nitrogen and oxygen atoms in total. The van der Waals surface area contributed by atoms with E-state index >= 15 is 0 Å². The number of carbonyl (C=O) groups is 1. The van der Waals surface area contributed by atoms with Crippen LogP contribution in [0.3, 0.4) is 0 Å². The molecule has 2 rings (SSSR count). The van der Waals surface area contributed by atoms with Crippen LogP contribution in [0.5, 0.6) is 0 Å². The molecule has 1 aliphatic rings. The van der Waals surface area contributed by atoms with Gasteiger partial charge in [0.1, 0.15) is 0 Å². The van der Waals surface area contributed by atoms with Crippen LogP contribution in [0.4, 0.5) is 0 Å². The predicted octanol–water partition coefficient (Wildman–Crippen LogP) is 4.13. The fourth-order valence-corrected chi connectivity index (χ4v) is 3.03. The van der Waals surface area contributed by atoms with Crippen molar-refractivity contribution in [3.05, 3.63) is 35.4 Å². The Kier molecular flexibility index (Phi) is 4.40. The molecule has 1 saturated carbocycles. The zero-order valence-corrected chi connectivity index (χ0v) is 11.1. The summed E-state index contributed by atoms with van der Waals surface area (Å²) in [7, 11) is 0. The highest BCUT2D eigenvalue weighted by atomic mass is 16.4. The van der Waals surface area contributed by atoms with Gasteiger partial charge in [-0.05, 0) is 31.2 Å². The Morgan fingerprint density at radius 2 is 1.67 bits per heavy atom. The SMILES string of the molecule is Cc1ccc(C(C(=O)O)C2CCCCCC2)cc1. The Morgan fingerprint density at radius 3 is 2.17 bits per heavy atom. The summed E-state index contributed by atoms with van der Waals surface area (Å²) in [6.07, 6.45) is 7.00. The zero-order chi connectivity index (χ0) is 13.0. The summed E-state index contributed by atoms with van der Waals surface area (Å²) in [5, 5.41) is 9.54. The van der Waals surface area contributed by atoms with Crippen LogP contribution >= 0.6 is 0 Å². The van der Waals surface area contributed by atoms with E-state index in [4.69, 9.17) is 0 Å². The minimum atomic E-state index is -0.661. The molecule has 0 heterocycles. The Bertz CT molecular complexity index is 386. The summed E-state index contributed by atoms with van der Waals surface area (Å²) in [6.45, 7) is 2.03. The molecule has 1 fully saturated rings. The van der Waals surface area contributed by atoms with Crippen molar-refractivity contribution in [1.29, 1.82) is 0 Å². The molecule has 18 heavy (non-hydrogen) atoms. The number of aryl methyl sites for hydroxylation is 1. The third-order valence-electron chi connectivity index (χ3n) is 4.07. The van der Waals surface area contributed by atoms with E-state index in [1.807, 2.05) is 31.2 Å². The molecule has 0 radical (unpaired) electrons. The van der Waals surface area contributed by atoms with Gasteiger partial charge in [0.05, 0.1) is 5.92 Å². The average Bonchev–Trinajstić information content (AvgIpc) is 2.60. The summed E-state index contributed by atoms with van der Waals surface area (Å²) >= 11 is 0. The number of hydrogen-bond acceptors (Lipinski definition) is 1. The lowest BCUT2D eigenvalue weighted by molar-refractivity contribution is -0.140. The lowest BCUT2D eigenvalue weighted by Gasteiger charge is -2.23. The van der Waals surface area contributed by atoms with E-state index in [0.29, 0.717) is 5.92 Å². The number of benzene rings is 1. The van der Waals surface area contributed by atoms with E-state index in [9.17, 15) is 9.90 Å². The van der Waals surface area contributed by atoms with Crippen molar-refractivity contribution in [1.82, 2.24) is 0 Å². The molecule has 0 aromatic heterocycles. The highest BCUT2D eigenvalue weighted by Gasteiger charge is 2.29. The highest BCUT2D eigenvalue weighted by molar-refractivity contribution is 5.76. The van der Waals surface area contributed by atoms with E-state index in [2.05, 4.69) is 0 Å². The first-order chi connectivity index (χ1) is 8.68. The molecular formula is C16H22O2. The van der Waals surface area contributed by atoms with Crippen LogP contribution in [0.2, 0.25) is 0 Å². The minimum absolute atomic E-state index is 0.313. The fraction of sp³-hybridized carbons (Fsp3) is 0.562. The summed E-state index contributed by atoms with van der Waals surface area (Å²) < 4.78 is 0. The maximum absolute atomic E-state index is 11.6. The molecule has 0 spiro atoms. The second-order valence-corrected chi connectivity index (χ2v) is 5.48. The Hall–Kier alpha value is -1.31. The van der Waals surface area contributed by atoms with Gasteiger partial charge in [-0.1, -0.05) is 55.5 Å². The van der Waals surface area contributed by atoms with Crippen LogP contribution in [-0.4, -0.2) is 11.1 Å². The smallest absolute Gasteiger partial charge is 0.311 e. The standard InChI is InChI=1S/C16H22O2/c1-12-8-10-14(11-9-12)15(16(17)18)13-6-4-2-3-5-7-13/h8-11,13,15H,2-7H2,1H3,(H,17,18). The number of carboxylic acids is 1. The van der Waals surface area contributed by atoms with Crippen molar-refractivity contribution in [2.45, 2.75) is 51.4 Å². The topological polar surface area (TPSA) is 37.3 Å². The number of aliphatic carboxylic acids is 1. The third kappa shape index (κ3) is 3.12. The molecule has 2 heteroatoms. The predicted molar refractivity (Wildman–Crippen MR) is 72.7 cm³/mol. The molecule has 1 N–H and O–H groups in total. The Morgan fingerprint density at radius 1 is 1.11 bits per heavy atom. The summed E-state index contributed by atoms with van der Waals surface area (Å²) in [6, 6.07) is 8.00. The van der Waals surface area contributed by atoms with Gasteiger partial charge in [0.2, 0.25) is 0 Å². The van der Waals surface area contributed by atoms with Crippen LogP contribution in [-0.2, 0) is 4.79 Å². The van der Waals surface area contributed by atoms with Crippen molar-refractivity contribution in [3.8, 4) is 0 Å². The second kappa shape index (κ2) is 6.03. The second-order valence-electron chi connectivity index (χ2n) is 5.48. The van der Waals surface area contributed by atoms with Crippen LogP contribution in [0.1, 0.15) is 55.6 Å². The third-order valence-corrected chi connectivity index (χ3v) is 4.07. The monoisotopic (exact) mass is 246 g/mol. The molecule has 0 amide bonds. The summed E-state index contributed by atoms with van der Waals surface area (Å²) in [5.74, 6) is -0.665. The molecule has 1 unspecified atom stereocenters. The number of hydrogen-bond donors (Lipinski definition) is 1. The van der Waals surface area contributed by atoms with Gasteiger partial charge in [-0.15, -0.1) is 0 Å². The molecular weight excluding hydrogens is 224 g/mol. The van der Waals surface area contributed by atoms with Crippen molar-refractivity contribution < 1.29 is 9.90 Å². The summed E-state index contributed by atoms with van der Waals surface area (Å²) in [4.78, 5) is 11.6. The van der Waals surface area contributed by atoms with Crippen LogP contribution in [0.25, 0.3) is 0 Å². The molecule has 0 aliphatic heterocycles. The van der Waals surface area contributed by atoms with E-state index < -0.39 is 5.97 Å². The fourth-order valence-electron chi connectivity index (χ4n) is 3.03. The average molecular weight is 246 g/mol. The van der Waals surface area contributed by atoms with Crippen molar-refractivity contribution in [3.63, 3.8) is 0 Å². The zero-order valence-electron chi connectivity index (χ0n) is 11.1. The number of rotatable bonds is 3. The molecule has 0 saturated heterocycles. The first-order valence-electron chi connectivity index (χ1n) is 6.98. The van der Waals surface area contributed by atoms with Gasteiger partial charge < -0.3 is 5.11 Å². The van der Waals surface area contributed by atoms with Gasteiger partial charge in [0.25, 0.3) is 0 Å².